The van der Waals surface area contributed by atoms with E-state index in [1.807, 2.05) is 30.3 Å². The molecule has 0 heterocycles. The van der Waals surface area contributed by atoms with Crippen molar-refractivity contribution in [2.24, 2.45) is 0 Å². The van der Waals surface area contributed by atoms with E-state index in [2.05, 4.69) is 5.32 Å². The van der Waals surface area contributed by atoms with Crippen LogP contribution in [0.5, 0.6) is 17.2 Å². The third-order valence-corrected chi connectivity index (χ3v) is 4.21. The normalized spacial score (nSPS) is 11.5. The average molecular weight is 378 g/mol. The summed E-state index contributed by atoms with van der Waals surface area (Å²) in [4.78, 5) is 12.1. The molecule has 0 saturated heterocycles. The lowest BCUT2D eigenvalue weighted by atomic mass is 10.1. The summed E-state index contributed by atoms with van der Waals surface area (Å²) in [5, 5.41) is 3.37. The summed E-state index contributed by atoms with van der Waals surface area (Å²) in [7, 11) is 3.22. The molecule has 26 heavy (non-hydrogen) atoms. The fourth-order valence-corrected chi connectivity index (χ4v) is 2.65. The zero-order chi connectivity index (χ0) is 18.9. The number of carbonyl (C=O) groups is 1. The van der Waals surface area contributed by atoms with Crippen LogP contribution in [0.4, 0.5) is 0 Å². The summed E-state index contributed by atoms with van der Waals surface area (Å²) in [5.41, 5.74) is 1.12. The highest BCUT2D eigenvalue weighted by Crippen LogP contribution is 2.28. The Hall–Kier alpha value is -2.40. The molecule has 0 aliphatic heterocycles. The van der Waals surface area contributed by atoms with Crippen molar-refractivity contribution in [1.82, 2.24) is 5.32 Å². The predicted molar refractivity (Wildman–Crippen MR) is 102 cm³/mol. The number of carbonyl (C=O) groups excluding carboxylic acids is 1. The molecule has 0 aromatic heterocycles. The van der Waals surface area contributed by atoms with Crippen molar-refractivity contribution in [3.8, 4) is 17.2 Å². The Kier molecular flexibility index (Phi) is 7.60. The van der Waals surface area contributed by atoms with Gasteiger partial charge in [0.05, 0.1) is 19.2 Å². The quantitative estimate of drug-likeness (QED) is 0.674. The lowest BCUT2D eigenvalue weighted by molar-refractivity contribution is -0.127. The largest absolute Gasteiger partial charge is 0.493 e. The third kappa shape index (κ3) is 5.56. The number of halogens is 1. The number of ether oxygens (including phenoxy) is 3. The Morgan fingerprint density at radius 2 is 1.81 bits per heavy atom. The Morgan fingerprint density at radius 1 is 1.08 bits per heavy atom. The zero-order valence-corrected chi connectivity index (χ0v) is 16.0. The molecular formula is C20H24ClNO4. The van der Waals surface area contributed by atoms with E-state index in [0.717, 1.165) is 18.4 Å². The number of hydrogen-bond acceptors (Lipinski definition) is 4. The first-order valence-electron chi connectivity index (χ1n) is 8.45. The second-order valence-corrected chi connectivity index (χ2v) is 6.18. The second-order valence-electron chi connectivity index (χ2n) is 5.77. The van der Waals surface area contributed by atoms with Gasteiger partial charge in [-0.3, -0.25) is 4.79 Å². The molecule has 1 atom stereocenters. The highest BCUT2D eigenvalue weighted by Gasteiger charge is 2.15. The van der Waals surface area contributed by atoms with Crippen LogP contribution in [0.2, 0.25) is 5.02 Å². The topological polar surface area (TPSA) is 56.8 Å². The molecule has 0 unspecified atom stereocenters. The first-order valence-corrected chi connectivity index (χ1v) is 8.82. The minimum absolute atomic E-state index is 0.169. The number of rotatable bonds is 9. The van der Waals surface area contributed by atoms with Crippen molar-refractivity contribution in [3.63, 3.8) is 0 Å². The van der Waals surface area contributed by atoms with E-state index in [-0.39, 0.29) is 5.91 Å². The molecule has 5 nitrogen and oxygen atoms in total. The fourth-order valence-electron chi connectivity index (χ4n) is 2.47. The van der Waals surface area contributed by atoms with Gasteiger partial charge >= 0.3 is 0 Å². The number of methoxy groups -OCH3 is 2. The standard InChI is InChI=1S/C20H24ClNO4/c1-14(26-17-9-5-4-8-16(17)21)20(23)22-12-6-7-15-10-11-18(24-2)19(13-15)25-3/h4-5,8-11,13-14H,6-7,12H2,1-3H3,(H,22,23)/t14-/m1/s1. The summed E-state index contributed by atoms with van der Waals surface area (Å²) < 4.78 is 16.1. The van der Waals surface area contributed by atoms with Crippen LogP contribution in [0.25, 0.3) is 0 Å². The molecule has 0 saturated carbocycles. The molecule has 0 aliphatic carbocycles. The van der Waals surface area contributed by atoms with Crippen molar-refractivity contribution in [2.75, 3.05) is 20.8 Å². The van der Waals surface area contributed by atoms with Crippen molar-refractivity contribution in [3.05, 3.63) is 53.1 Å². The van der Waals surface area contributed by atoms with Gasteiger partial charge in [0.2, 0.25) is 0 Å². The fraction of sp³-hybridized carbons (Fsp3) is 0.350. The van der Waals surface area contributed by atoms with Crippen LogP contribution < -0.4 is 19.5 Å². The van der Waals surface area contributed by atoms with Gasteiger partial charge in [-0.25, -0.2) is 0 Å². The van der Waals surface area contributed by atoms with E-state index in [1.54, 1.807) is 33.3 Å². The van der Waals surface area contributed by atoms with Gasteiger partial charge in [-0.15, -0.1) is 0 Å². The Balaban J connectivity index is 1.77. The Labute approximate surface area is 159 Å². The van der Waals surface area contributed by atoms with Gasteiger partial charge in [0.15, 0.2) is 17.6 Å². The van der Waals surface area contributed by atoms with E-state index < -0.39 is 6.10 Å². The molecule has 6 heteroatoms. The summed E-state index contributed by atoms with van der Waals surface area (Å²) >= 11 is 6.04. The van der Waals surface area contributed by atoms with Gasteiger partial charge in [-0.05, 0) is 49.6 Å². The number of nitrogens with one attached hydrogen (secondary N) is 1. The number of hydrogen-bond donors (Lipinski definition) is 1. The van der Waals surface area contributed by atoms with Crippen LogP contribution in [0.1, 0.15) is 18.9 Å². The van der Waals surface area contributed by atoms with Crippen LogP contribution >= 0.6 is 11.6 Å². The highest BCUT2D eigenvalue weighted by atomic mass is 35.5. The van der Waals surface area contributed by atoms with E-state index in [1.165, 1.54) is 0 Å². The predicted octanol–water partition coefficient (Wildman–Crippen LogP) is 3.87. The molecule has 1 N–H and O–H groups in total. The van der Waals surface area contributed by atoms with Crippen molar-refractivity contribution in [2.45, 2.75) is 25.9 Å². The molecule has 2 aromatic carbocycles. The van der Waals surface area contributed by atoms with Crippen LogP contribution in [-0.2, 0) is 11.2 Å². The first-order chi connectivity index (χ1) is 12.5. The van der Waals surface area contributed by atoms with E-state index in [4.69, 9.17) is 25.8 Å². The molecule has 0 radical (unpaired) electrons. The summed E-state index contributed by atoms with van der Waals surface area (Å²) in [6.45, 7) is 2.26. The number of aryl methyl sites for hydroxylation is 1. The van der Waals surface area contributed by atoms with E-state index in [0.29, 0.717) is 28.8 Å². The molecular weight excluding hydrogens is 354 g/mol. The molecule has 140 valence electrons. The van der Waals surface area contributed by atoms with Crippen LogP contribution in [-0.4, -0.2) is 32.8 Å². The zero-order valence-electron chi connectivity index (χ0n) is 15.3. The van der Waals surface area contributed by atoms with Crippen LogP contribution in [0.15, 0.2) is 42.5 Å². The van der Waals surface area contributed by atoms with Gasteiger partial charge in [0.1, 0.15) is 5.75 Å². The van der Waals surface area contributed by atoms with Crippen LogP contribution in [0, 0.1) is 0 Å². The Morgan fingerprint density at radius 3 is 2.50 bits per heavy atom. The monoisotopic (exact) mass is 377 g/mol. The van der Waals surface area contributed by atoms with Gasteiger partial charge in [0.25, 0.3) is 5.91 Å². The summed E-state index contributed by atoms with van der Waals surface area (Å²) in [6, 6.07) is 12.9. The van der Waals surface area contributed by atoms with Gasteiger partial charge in [-0.1, -0.05) is 29.8 Å². The maximum Gasteiger partial charge on any atom is 0.260 e. The summed E-state index contributed by atoms with van der Waals surface area (Å²) in [6.07, 6.45) is 1.01. The highest BCUT2D eigenvalue weighted by molar-refractivity contribution is 6.32. The summed E-state index contributed by atoms with van der Waals surface area (Å²) in [5.74, 6) is 1.74. The van der Waals surface area contributed by atoms with Gasteiger partial charge in [-0.2, -0.15) is 0 Å². The van der Waals surface area contributed by atoms with Crippen molar-refractivity contribution in [1.29, 1.82) is 0 Å². The second kappa shape index (κ2) is 9.92. The lowest BCUT2D eigenvalue weighted by Crippen LogP contribution is -2.37. The molecule has 0 fully saturated rings. The average Bonchev–Trinajstić information content (AvgIpc) is 2.66. The molecule has 2 aromatic rings. The molecule has 2 rings (SSSR count). The minimum Gasteiger partial charge on any atom is -0.493 e. The van der Waals surface area contributed by atoms with Gasteiger partial charge < -0.3 is 19.5 Å². The molecule has 1 amide bonds. The van der Waals surface area contributed by atoms with Crippen molar-refractivity contribution < 1.29 is 19.0 Å². The van der Waals surface area contributed by atoms with E-state index in [9.17, 15) is 4.79 Å². The van der Waals surface area contributed by atoms with Crippen LogP contribution in [0.3, 0.4) is 0 Å². The third-order valence-electron chi connectivity index (χ3n) is 3.90. The van der Waals surface area contributed by atoms with Gasteiger partial charge in [0, 0.05) is 6.54 Å². The maximum atomic E-state index is 12.1. The smallest absolute Gasteiger partial charge is 0.260 e. The SMILES string of the molecule is COc1ccc(CCCNC(=O)[C@@H](C)Oc2ccccc2Cl)cc1OC. The minimum atomic E-state index is -0.615. The Bertz CT molecular complexity index is 736. The molecule has 0 spiro atoms. The lowest BCUT2D eigenvalue weighted by Gasteiger charge is -2.15. The number of para-hydroxylation sites is 1. The van der Waals surface area contributed by atoms with E-state index >= 15 is 0 Å². The molecule has 0 aliphatic rings. The number of benzene rings is 2. The molecule has 0 bridgehead atoms. The maximum absolute atomic E-state index is 12.1. The number of amides is 1. The first kappa shape index (κ1) is 19.9. The van der Waals surface area contributed by atoms with Crippen molar-refractivity contribution >= 4 is 17.5 Å².